The Morgan fingerprint density at radius 3 is 2.86 bits per heavy atom. The Morgan fingerprint density at radius 1 is 1.41 bits per heavy atom. The molecule has 0 bridgehead atoms. The first-order valence-corrected chi connectivity index (χ1v) is 9.63. The fourth-order valence-corrected chi connectivity index (χ4v) is 3.59. The Balaban J connectivity index is 2.11. The maximum absolute atomic E-state index is 12.1. The number of halogens is 1. The van der Waals surface area contributed by atoms with Gasteiger partial charge in [-0.2, -0.15) is 0 Å². The fourth-order valence-electron chi connectivity index (χ4n) is 2.24. The van der Waals surface area contributed by atoms with Crippen molar-refractivity contribution in [3.63, 3.8) is 0 Å². The van der Waals surface area contributed by atoms with Crippen LogP contribution in [0.4, 0.5) is 5.13 Å². The Labute approximate surface area is 144 Å². The molecule has 1 aromatic heterocycles. The minimum absolute atomic E-state index is 0.00495. The highest BCUT2D eigenvalue weighted by atomic mass is 79.9. The van der Waals surface area contributed by atoms with Crippen LogP contribution in [0.3, 0.4) is 0 Å². The average molecular weight is 383 g/mol. The second-order valence-corrected chi connectivity index (χ2v) is 7.79. The number of hydrogen-bond acceptors (Lipinski definition) is 3. The van der Waals surface area contributed by atoms with Crippen LogP contribution < -0.4 is 5.32 Å². The van der Waals surface area contributed by atoms with E-state index in [1.54, 1.807) is 11.3 Å². The average Bonchev–Trinajstić information content (AvgIpc) is 2.92. The monoisotopic (exact) mass is 382 g/mol. The molecule has 2 rings (SSSR count). The van der Waals surface area contributed by atoms with Crippen LogP contribution in [0.25, 0.3) is 10.2 Å². The number of thiazole rings is 1. The van der Waals surface area contributed by atoms with Crippen LogP contribution in [-0.4, -0.2) is 15.7 Å². The summed E-state index contributed by atoms with van der Waals surface area (Å²) >= 11 is 5.00. The number of carbonyl (C=O) groups is 1. The van der Waals surface area contributed by atoms with Crippen molar-refractivity contribution in [1.82, 2.24) is 4.98 Å². The van der Waals surface area contributed by atoms with Gasteiger partial charge in [-0.15, -0.1) is 0 Å². The van der Waals surface area contributed by atoms with E-state index in [9.17, 15) is 4.79 Å². The summed E-state index contributed by atoms with van der Waals surface area (Å²) in [6.07, 6.45) is 4.11. The molecular weight excluding hydrogens is 360 g/mol. The van der Waals surface area contributed by atoms with Gasteiger partial charge in [0.1, 0.15) is 0 Å². The van der Waals surface area contributed by atoms with Gasteiger partial charge in [0, 0.05) is 0 Å². The van der Waals surface area contributed by atoms with Gasteiger partial charge in [0.15, 0.2) is 5.13 Å². The van der Waals surface area contributed by atoms with Crippen molar-refractivity contribution in [3.8, 4) is 0 Å². The van der Waals surface area contributed by atoms with Gasteiger partial charge in [-0.1, -0.05) is 66.9 Å². The first kappa shape index (κ1) is 17.4. The highest BCUT2D eigenvalue weighted by Gasteiger charge is 2.16. The van der Waals surface area contributed by atoms with Gasteiger partial charge in [-0.3, -0.25) is 4.79 Å². The van der Waals surface area contributed by atoms with E-state index in [1.807, 2.05) is 6.07 Å². The van der Waals surface area contributed by atoms with Crippen molar-refractivity contribution in [3.05, 3.63) is 23.8 Å². The molecule has 0 saturated heterocycles. The van der Waals surface area contributed by atoms with Crippen molar-refractivity contribution in [2.24, 2.45) is 0 Å². The van der Waals surface area contributed by atoms with Crippen LogP contribution in [0.5, 0.6) is 0 Å². The van der Waals surface area contributed by atoms with Crippen LogP contribution in [0, 0.1) is 0 Å². The van der Waals surface area contributed by atoms with Gasteiger partial charge in [-0.05, 0) is 36.5 Å². The number of nitrogens with one attached hydrogen (secondary N) is 1. The molecule has 3 nitrogen and oxygen atoms in total. The third-order valence-corrected chi connectivity index (χ3v) is 5.73. The smallest absolute Gasteiger partial charge is 0.239 e. The number of alkyl halides is 1. The van der Waals surface area contributed by atoms with Crippen LogP contribution in [0.2, 0.25) is 0 Å². The molecule has 0 aliphatic heterocycles. The third-order valence-electron chi connectivity index (χ3n) is 3.92. The van der Waals surface area contributed by atoms with Gasteiger partial charge in [0.25, 0.3) is 0 Å². The van der Waals surface area contributed by atoms with Crippen molar-refractivity contribution >= 4 is 48.5 Å². The zero-order valence-corrected chi connectivity index (χ0v) is 15.8. The summed E-state index contributed by atoms with van der Waals surface area (Å²) in [5.41, 5.74) is 2.28. The SMILES string of the molecule is CCCC[C@H](Br)C(=O)Nc1nc2ccc([C@@H](C)CC)cc2s1. The number of unbranched alkanes of at least 4 members (excludes halogenated alkanes) is 1. The molecule has 1 amide bonds. The van der Waals surface area contributed by atoms with Crippen molar-refractivity contribution in [2.45, 2.75) is 57.2 Å². The van der Waals surface area contributed by atoms with Crippen LogP contribution in [-0.2, 0) is 4.79 Å². The van der Waals surface area contributed by atoms with E-state index in [4.69, 9.17) is 0 Å². The maximum atomic E-state index is 12.1. The zero-order chi connectivity index (χ0) is 16.1. The molecule has 2 atom stereocenters. The summed E-state index contributed by atoms with van der Waals surface area (Å²) in [5.74, 6) is 0.542. The molecule has 0 spiro atoms. The summed E-state index contributed by atoms with van der Waals surface area (Å²) in [6.45, 7) is 6.55. The van der Waals surface area contributed by atoms with Crippen molar-refractivity contribution in [1.29, 1.82) is 0 Å². The standard InChI is InChI=1S/C17H23BrN2OS/c1-4-6-7-13(18)16(21)20-17-19-14-9-8-12(11(3)5-2)10-15(14)22-17/h8-11,13H,4-7H2,1-3H3,(H,19,20,21)/t11-,13-/m0/s1. The largest absolute Gasteiger partial charge is 0.301 e. The van der Waals surface area contributed by atoms with Crippen molar-refractivity contribution in [2.75, 3.05) is 5.32 Å². The van der Waals surface area contributed by atoms with Crippen LogP contribution >= 0.6 is 27.3 Å². The second-order valence-electron chi connectivity index (χ2n) is 5.65. The molecule has 1 aromatic carbocycles. The lowest BCUT2D eigenvalue weighted by Gasteiger charge is -2.07. The van der Waals surface area contributed by atoms with Gasteiger partial charge in [0.2, 0.25) is 5.91 Å². The molecular formula is C17H23BrN2OS. The number of aromatic nitrogens is 1. The molecule has 1 heterocycles. The summed E-state index contributed by atoms with van der Waals surface area (Å²) in [7, 11) is 0. The highest BCUT2D eigenvalue weighted by Crippen LogP contribution is 2.30. The number of rotatable bonds is 7. The fraction of sp³-hybridized carbons (Fsp3) is 0.529. The van der Waals surface area contributed by atoms with E-state index in [0.29, 0.717) is 11.0 Å². The molecule has 120 valence electrons. The zero-order valence-electron chi connectivity index (χ0n) is 13.4. The number of fused-ring (bicyclic) bond motifs is 1. The maximum Gasteiger partial charge on any atom is 0.239 e. The predicted molar refractivity (Wildman–Crippen MR) is 99.2 cm³/mol. The van der Waals surface area contributed by atoms with Gasteiger partial charge < -0.3 is 5.32 Å². The minimum atomic E-state index is -0.143. The van der Waals surface area contributed by atoms with Crippen LogP contribution in [0.1, 0.15) is 57.9 Å². The number of carbonyl (C=O) groups excluding carboxylic acids is 1. The van der Waals surface area contributed by atoms with E-state index < -0.39 is 0 Å². The van der Waals surface area contributed by atoms with Gasteiger partial charge in [-0.25, -0.2) is 4.98 Å². The van der Waals surface area contributed by atoms with E-state index in [-0.39, 0.29) is 10.7 Å². The topological polar surface area (TPSA) is 42.0 Å². The molecule has 0 radical (unpaired) electrons. The Hall–Kier alpha value is -0.940. The number of anilines is 1. The first-order chi connectivity index (χ1) is 10.5. The lowest BCUT2D eigenvalue weighted by Crippen LogP contribution is -2.22. The Morgan fingerprint density at radius 2 is 2.18 bits per heavy atom. The van der Waals surface area contributed by atoms with E-state index in [2.05, 4.69) is 59.1 Å². The summed E-state index contributed by atoms with van der Waals surface area (Å²) in [5, 5.41) is 3.61. The Kier molecular flexibility index (Phi) is 6.38. The van der Waals surface area contributed by atoms with Gasteiger partial charge >= 0.3 is 0 Å². The molecule has 0 unspecified atom stereocenters. The lowest BCUT2D eigenvalue weighted by atomic mass is 9.99. The van der Waals surface area contributed by atoms with E-state index in [1.165, 1.54) is 5.56 Å². The van der Waals surface area contributed by atoms with Crippen molar-refractivity contribution < 1.29 is 4.79 Å². The van der Waals surface area contributed by atoms with Crippen LogP contribution in [0.15, 0.2) is 18.2 Å². The molecule has 0 fully saturated rings. The first-order valence-electron chi connectivity index (χ1n) is 7.90. The molecule has 0 saturated carbocycles. The predicted octanol–water partition coefficient (Wildman–Crippen LogP) is 5.70. The molecule has 1 N–H and O–H groups in total. The quantitative estimate of drug-likeness (QED) is 0.623. The normalized spacial score (nSPS) is 14.0. The molecule has 0 aliphatic rings. The molecule has 5 heteroatoms. The van der Waals surface area contributed by atoms with E-state index in [0.717, 1.165) is 35.9 Å². The van der Waals surface area contributed by atoms with Gasteiger partial charge in [0.05, 0.1) is 15.0 Å². The summed E-state index contributed by atoms with van der Waals surface area (Å²) in [6, 6.07) is 6.38. The molecule has 22 heavy (non-hydrogen) atoms. The number of benzene rings is 1. The highest BCUT2D eigenvalue weighted by molar-refractivity contribution is 9.10. The third kappa shape index (κ3) is 4.29. The van der Waals surface area contributed by atoms with E-state index >= 15 is 0 Å². The summed E-state index contributed by atoms with van der Waals surface area (Å²) in [4.78, 5) is 16.5. The molecule has 0 aliphatic carbocycles. The number of hydrogen-bond donors (Lipinski definition) is 1. The lowest BCUT2D eigenvalue weighted by molar-refractivity contribution is -0.115. The Bertz CT molecular complexity index is 641. The summed E-state index contributed by atoms with van der Waals surface area (Å²) < 4.78 is 1.13. The number of nitrogens with zero attached hydrogens (tertiary/aromatic N) is 1. The number of amides is 1. The molecule has 2 aromatic rings. The second kappa shape index (κ2) is 8.06. The minimum Gasteiger partial charge on any atom is -0.301 e.